The molecule has 28 heavy (non-hydrogen) atoms. The minimum absolute atomic E-state index is 0.0219. The smallest absolute Gasteiger partial charge is 0.321 e. The molecule has 3 rings (SSSR count). The fourth-order valence-corrected chi connectivity index (χ4v) is 3.24. The van der Waals surface area contributed by atoms with Crippen molar-refractivity contribution in [2.75, 3.05) is 0 Å². The molecule has 0 heterocycles. The molecular formula is C21H26N2O5. The maximum Gasteiger partial charge on any atom is 0.321 e. The number of fused-ring (bicyclic) bond motifs is 1. The highest BCUT2D eigenvalue weighted by molar-refractivity contribution is 5.99. The Bertz CT molecular complexity index is 785. The number of benzene rings is 1. The number of ketones is 1. The standard InChI is InChI=1S/C21H26N2O5/c1-13(20(26)23-21(27)22-17-8-9-17)28-19(25)11-10-18(24)16-7-6-14-4-2-3-5-15(14)12-16/h6-7,12-13,17H,2-5,8-11H2,1H3,(H2,22,23,26,27). The van der Waals surface area contributed by atoms with E-state index >= 15 is 0 Å². The van der Waals surface area contributed by atoms with Crippen LogP contribution >= 0.6 is 0 Å². The van der Waals surface area contributed by atoms with E-state index in [1.807, 2.05) is 18.2 Å². The summed E-state index contributed by atoms with van der Waals surface area (Å²) in [4.78, 5) is 47.7. The highest BCUT2D eigenvalue weighted by Crippen LogP contribution is 2.23. The van der Waals surface area contributed by atoms with E-state index in [4.69, 9.17) is 4.74 Å². The van der Waals surface area contributed by atoms with Crippen LogP contribution in [0.25, 0.3) is 0 Å². The number of hydrogen-bond acceptors (Lipinski definition) is 5. The normalized spacial score (nSPS) is 16.5. The molecule has 2 N–H and O–H groups in total. The van der Waals surface area contributed by atoms with Gasteiger partial charge in [0.05, 0.1) is 6.42 Å². The zero-order valence-corrected chi connectivity index (χ0v) is 16.1. The molecule has 7 heteroatoms. The topological polar surface area (TPSA) is 102 Å². The molecule has 0 saturated heterocycles. The predicted octanol–water partition coefficient (Wildman–Crippen LogP) is 2.45. The summed E-state index contributed by atoms with van der Waals surface area (Å²) in [5, 5.41) is 4.76. The van der Waals surface area contributed by atoms with Crippen molar-refractivity contribution in [3.63, 3.8) is 0 Å². The van der Waals surface area contributed by atoms with E-state index in [1.54, 1.807) is 0 Å². The number of Topliss-reactive ketones (excluding diaryl/α,β-unsaturated/α-hetero) is 1. The van der Waals surface area contributed by atoms with Crippen LogP contribution < -0.4 is 10.6 Å². The summed E-state index contributed by atoms with van der Waals surface area (Å²) in [6.07, 6.45) is 4.98. The number of nitrogens with one attached hydrogen (secondary N) is 2. The number of imide groups is 1. The van der Waals surface area contributed by atoms with Crippen LogP contribution in [0.5, 0.6) is 0 Å². The molecule has 1 atom stereocenters. The van der Waals surface area contributed by atoms with E-state index in [2.05, 4.69) is 10.6 Å². The van der Waals surface area contributed by atoms with Gasteiger partial charge in [-0.2, -0.15) is 0 Å². The van der Waals surface area contributed by atoms with Crippen LogP contribution in [0.1, 0.15) is 66.9 Å². The number of esters is 1. The van der Waals surface area contributed by atoms with E-state index in [0.717, 1.165) is 32.1 Å². The number of rotatable bonds is 7. The molecule has 150 valence electrons. The van der Waals surface area contributed by atoms with Gasteiger partial charge in [-0.05, 0) is 62.6 Å². The molecule has 0 aliphatic heterocycles. The van der Waals surface area contributed by atoms with Crippen LogP contribution in [0.15, 0.2) is 18.2 Å². The van der Waals surface area contributed by atoms with Crippen molar-refractivity contribution in [1.29, 1.82) is 0 Å². The third kappa shape index (κ3) is 5.65. The summed E-state index contributed by atoms with van der Waals surface area (Å²) in [5.74, 6) is -1.45. The highest BCUT2D eigenvalue weighted by Gasteiger charge is 2.26. The summed E-state index contributed by atoms with van der Waals surface area (Å²) >= 11 is 0. The minimum Gasteiger partial charge on any atom is -0.453 e. The van der Waals surface area contributed by atoms with Crippen LogP contribution in [-0.4, -0.2) is 35.8 Å². The van der Waals surface area contributed by atoms with Gasteiger partial charge < -0.3 is 10.1 Å². The number of urea groups is 1. The molecule has 1 aromatic carbocycles. The molecule has 2 aliphatic rings. The second-order valence-electron chi connectivity index (χ2n) is 7.48. The van der Waals surface area contributed by atoms with Crippen molar-refractivity contribution < 1.29 is 23.9 Å². The summed E-state index contributed by atoms with van der Waals surface area (Å²) in [6, 6.07) is 5.28. The maximum atomic E-state index is 12.4. The Hall–Kier alpha value is -2.70. The summed E-state index contributed by atoms with van der Waals surface area (Å²) in [6.45, 7) is 1.39. The molecule has 3 amide bonds. The molecule has 7 nitrogen and oxygen atoms in total. The number of carbonyl (C=O) groups is 4. The average Bonchev–Trinajstić information content (AvgIpc) is 3.49. The third-order valence-corrected chi connectivity index (χ3v) is 5.05. The fraction of sp³-hybridized carbons (Fsp3) is 0.524. The van der Waals surface area contributed by atoms with Crippen LogP contribution in [0.4, 0.5) is 4.79 Å². The second-order valence-corrected chi connectivity index (χ2v) is 7.48. The highest BCUT2D eigenvalue weighted by atomic mass is 16.5. The van der Waals surface area contributed by atoms with Gasteiger partial charge in [0.2, 0.25) is 0 Å². The third-order valence-electron chi connectivity index (χ3n) is 5.05. The minimum atomic E-state index is -1.10. The van der Waals surface area contributed by atoms with Gasteiger partial charge in [-0.1, -0.05) is 12.1 Å². The second kappa shape index (κ2) is 8.99. The van der Waals surface area contributed by atoms with Crippen molar-refractivity contribution in [1.82, 2.24) is 10.6 Å². The van der Waals surface area contributed by atoms with Crippen molar-refractivity contribution in [2.24, 2.45) is 0 Å². The zero-order chi connectivity index (χ0) is 20.1. The molecule has 1 saturated carbocycles. The first kappa shape index (κ1) is 20.0. The van der Waals surface area contributed by atoms with E-state index in [0.29, 0.717) is 5.56 Å². The first-order valence-corrected chi connectivity index (χ1v) is 9.88. The first-order valence-electron chi connectivity index (χ1n) is 9.88. The van der Waals surface area contributed by atoms with Crippen LogP contribution in [0, 0.1) is 0 Å². The Morgan fingerprint density at radius 3 is 2.50 bits per heavy atom. The van der Waals surface area contributed by atoms with Gasteiger partial charge in [0.15, 0.2) is 11.9 Å². The summed E-state index contributed by atoms with van der Waals surface area (Å²) in [7, 11) is 0. The molecule has 0 bridgehead atoms. The van der Waals surface area contributed by atoms with Gasteiger partial charge in [-0.25, -0.2) is 4.79 Å². The van der Waals surface area contributed by atoms with Gasteiger partial charge in [0.25, 0.3) is 5.91 Å². The van der Waals surface area contributed by atoms with Crippen LogP contribution in [0.3, 0.4) is 0 Å². The molecule has 1 unspecified atom stereocenters. The molecular weight excluding hydrogens is 360 g/mol. The number of carbonyl (C=O) groups excluding carboxylic acids is 4. The van der Waals surface area contributed by atoms with Crippen molar-refractivity contribution in [2.45, 2.75) is 70.4 Å². The lowest BCUT2D eigenvalue weighted by molar-refractivity contribution is -0.154. The van der Waals surface area contributed by atoms with Gasteiger partial charge in [-0.3, -0.25) is 19.7 Å². The Labute approximate surface area is 164 Å². The van der Waals surface area contributed by atoms with E-state index in [9.17, 15) is 19.2 Å². The van der Waals surface area contributed by atoms with Gasteiger partial charge in [0, 0.05) is 18.0 Å². The quantitative estimate of drug-likeness (QED) is 0.554. The number of aryl methyl sites for hydroxylation is 2. The van der Waals surface area contributed by atoms with E-state index < -0.39 is 24.0 Å². The van der Waals surface area contributed by atoms with Crippen LogP contribution in [-0.2, 0) is 27.2 Å². The lowest BCUT2D eigenvalue weighted by Crippen LogP contribution is -2.45. The number of amides is 3. The van der Waals surface area contributed by atoms with E-state index in [1.165, 1.54) is 24.5 Å². The van der Waals surface area contributed by atoms with E-state index in [-0.39, 0.29) is 24.7 Å². The molecule has 0 aromatic heterocycles. The molecule has 2 aliphatic carbocycles. The Morgan fingerprint density at radius 1 is 1.07 bits per heavy atom. The average molecular weight is 386 g/mol. The number of ether oxygens (including phenoxy) is 1. The largest absolute Gasteiger partial charge is 0.453 e. The SMILES string of the molecule is CC(OC(=O)CCC(=O)c1ccc2c(c1)CCCC2)C(=O)NC(=O)NC1CC1. The summed E-state index contributed by atoms with van der Waals surface area (Å²) < 4.78 is 5.03. The first-order chi connectivity index (χ1) is 13.4. The maximum absolute atomic E-state index is 12.4. The lowest BCUT2D eigenvalue weighted by atomic mass is 9.89. The zero-order valence-electron chi connectivity index (χ0n) is 16.1. The Morgan fingerprint density at radius 2 is 1.79 bits per heavy atom. The lowest BCUT2D eigenvalue weighted by Gasteiger charge is -2.16. The molecule has 0 spiro atoms. The van der Waals surface area contributed by atoms with Crippen molar-refractivity contribution in [3.8, 4) is 0 Å². The van der Waals surface area contributed by atoms with Crippen molar-refractivity contribution in [3.05, 3.63) is 34.9 Å². The van der Waals surface area contributed by atoms with Crippen molar-refractivity contribution >= 4 is 23.7 Å². The Balaban J connectivity index is 1.42. The van der Waals surface area contributed by atoms with Gasteiger partial charge in [0.1, 0.15) is 0 Å². The predicted molar refractivity (Wildman–Crippen MR) is 102 cm³/mol. The van der Waals surface area contributed by atoms with Gasteiger partial charge in [-0.15, -0.1) is 0 Å². The molecule has 1 aromatic rings. The molecule has 1 fully saturated rings. The Kier molecular flexibility index (Phi) is 6.44. The monoisotopic (exact) mass is 386 g/mol. The number of hydrogen-bond donors (Lipinski definition) is 2. The van der Waals surface area contributed by atoms with Gasteiger partial charge >= 0.3 is 12.0 Å². The van der Waals surface area contributed by atoms with Crippen LogP contribution in [0.2, 0.25) is 0 Å². The summed E-state index contributed by atoms with van der Waals surface area (Å²) in [5.41, 5.74) is 3.12. The molecule has 0 radical (unpaired) electrons. The fourth-order valence-electron chi connectivity index (χ4n) is 3.24.